The van der Waals surface area contributed by atoms with Gasteiger partial charge in [-0.3, -0.25) is 0 Å². The minimum Gasteiger partial charge on any atom is -0.507 e. The van der Waals surface area contributed by atoms with Crippen LogP contribution in [0.25, 0.3) is 11.3 Å². The first-order chi connectivity index (χ1) is 13.8. The van der Waals surface area contributed by atoms with Crippen LogP contribution >= 0.6 is 0 Å². The Kier molecular flexibility index (Phi) is 5.14. The van der Waals surface area contributed by atoms with E-state index >= 15 is 0 Å². The van der Waals surface area contributed by atoms with Crippen molar-refractivity contribution >= 4 is 5.82 Å². The van der Waals surface area contributed by atoms with E-state index in [0.29, 0.717) is 29.3 Å². The standard InChI is InChI=1S/C21H25F3N4O/c1-3-13-9-17-15(25-11-13)6-7-28(17)19-5-4-16(26-27-19)20-12(2)8-14(10-18(20)29)21(22,23)24/h4-5,8,10,13,15,17,25,29H,3,6-7,9,11H2,1-2H3. The molecule has 2 aromatic rings. The van der Waals surface area contributed by atoms with Gasteiger partial charge in [0.05, 0.1) is 11.3 Å². The molecule has 8 heteroatoms. The lowest BCUT2D eigenvalue weighted by atomic mass is 9.89. The van der Waals surface area contributed by atoms with Crippen molar-refractivity contribution in [1.29, 1.82) is 0 Å². The Morgan fingerprint density at radius 1 is 1.24 bits per heavy atom. The number of aromatic nitrogens is 2. The van der Waals surface area contributed by atoms with Crippen LogP contribution in [0.2, 0.25) is 0 Å². The van der Waals surface area contributed by atoms with Crippen LogP contribution in [0.4, 0.5) is 19.0 Å². The molecule has 0 amide bonds. The molecule has 1 aromatic heterocycles. The first-order valence-electron chi connectivity index (χ1n) is 10.0. The van der Waals surface area contributed by atoms with Crippen LogP contribution in [-0.2, 0) is 6.18 Å². The lowest BCUT2D eigenvalue weighted by Crippen LogP contribution is -2.50. The highest BCUT2D eigenvalue weighted by Crippen LogP contribution is 2.39. The predicted octanol–water partition coefficient (Wildman–Crippen LogP) is 4.14. The van der Waals surface area contributed by atoms with Crippen molar-refractivity contribution in [1.82, 2.24) is 15.5 Å². The molecule has 3 unspecified atom stereocenters. The Hall–Kier alpha value is -2.35. The molecule has 5 nitrogen and oxygen atoms in total. The zero-order valence-electron chi connectivity index (χ0n) is 16.5. The number of hydrogen-bond donors (Lipinski definition) is 2. The number of benzene rings is 1. The zero-order chi connectivity index (χ0) is 20.8. The van der Waals surface area contributed by atoms with E-state index < -0.39 is 17.5 Å². The molecule has 2 N–H and O–H groups in total. The maximum Gasteiger partial charge on any atom is 0.416 e. The smallest absolute Gasteiger partial charge is 0.416 e. The topological polar surface area (TPSA) is 61.3 Å². The molecule has 0 radical (unpaired) electrons. The van der Waals surface area contributed by atoms with Gasteiger partial charge in [0.2, 0.25) is 0 Å². The fourth-order valence-corrected chi connectivity index (χ4v) is 4.60. The summed E-state index contributed by atoms with van der Waals surface area (Å²) in [5, 5.41) is 22.4. The number of halogens is 3. The Labute approximate surface area is 167 Å². The van der Waals surface area contributed by atoms with Crippen molar-refractivity contribution in [3.05, 3.63) is 35.4 Å². The van der Waals surface area contributed by atoms with E-state index in [1.165, 1.54) is 6.92 Å². The minimum atomic E-state index is -4.51. The van der Waals surface area contributed by atoms with Gasteiger partial charge in [-0.15, -0.1) is 10.2 Å². The van der Waals surface area contributed by atoms with Gasteiger partial charge < -0.3 is 15.3 Å². The molecule has 1 aromatic carbocycles. The normalized spacial score (nSPS) is 24.6. The van der Waals surface area contributed by atoms with Crippen molar-refractivity contribution < 1.29 is 18.3 Å². The Bertz CT molecular complexity index is 861. The molecule has 4 rings (SSSR count). The number of piperidine rings is 1. The number of anilines is 1. The van der Waals surface area contributed by atoms with Crippen molar-refractivity contribution in [3.8, 4) is 17.0 Å². The molecule has 0 aliphatic carbocycles. The van der Waals surface area contributed by atoms with E-state index in [9.17, 15) is 18.3 Å². The molecular formula is C21H25F3N4O. The molecule has 2 aliphatic rings. The number of phenolic OH excluding ortho intramolecular Hbond substituents is 1. The molecule has 2 saturated heterocycles. The molecule has 2 aliphatic heterocycles. The lowest BCUT2D eigenvalue weighted by molar-refractivity contribution is -0.137. The second-order valence-electron chi connectivity index (χ2n) is 8.04. The highest BCUT2D eigenvalue weighted by Gasteiger charge is 2.39. The number of aryl methyl sites for hydroxylation is 1. The van der Waals surface area contributed by atoms with Gasteiger partial charge in [-0.25, -0.2) is 0 Å². The Balaban J connectivity index is 1.59. The average Bonchev–Trinajstić information content (AvgIpc) is 3.10. The fourth-order valence-electron chi connectivity index (χ4n) is 4.60. The minimum absolute atomic E-state index is 0.279. The number of fused-ring (bicyclic) bond motifs is 1. The summed E-state index contributed by atoms with van der Waals surface area (Å²) in [5.74, 6) is 0.975. The van der Waals surface area contributed by atoms with E-state index in [1.54, 1.807) is 6.07 Å². The monoisotopic (exact) mass is 406 g/mol. The maximum atomic E-state index is 12.9. The summed E-state index contributed by atoms with van der Waals surface area (Å²) >= 11 is 0. The van der Waals surface area contributed by atoms with Crippen LogP contribution in [0.5, 0.6) is 5.75 Å². The van der Waals surface area contributed by atoms with Crippen LogP contribution in [-0.4, -0.2) is 40.5 Å². The number of aromatic hydroxyl groups is 1. The third-order valence-electron chi connectivity index (χ3n) is 6.21. The molecule has 2 fully saturated rings. The summed E-state index contributed by atoms with van der Waals surface area (Å²) in [6.07, 6.45) is -1.19. The summed E-state index contributed by atoms with van der Waals surface area (Å²) < 4.78 is 38.8. The third kappa shape index (κ3) is 3.77. The van der Waals surface area contributed by atoms with Crippen LogP contribution < -0.4 is 10.2 Å². The number of nitrogens with one attached hydrogen (secondary N) is 1. The van der Waals surface area contributed by atoms with Crippen LogP contribution in [0.3, 0.4) is 0 Å². The maximum absolute atomic E-state index is 12.9. The van der Waals surface area contributed by atoms with Gasteiger partial charge >= 0.3 is 6.18 Å². The van der Waals surface area contributed by atoms with E-state index in [-0.39, 0.29) is 5.56 Å². The van der Waals surface area contributed by atoms with Gasteiger partial charge in [0.15, 0.2) is 5.82 Å². The van der Waals surface area contributed by atoms with Crippen molar-refractivity contribution in [3.63, 3.8) is 0 Å². The quantitative estimate of drug-likeness (QED) is 0.802. The zero-order valence-corrected chi connectivity index (χ0v) is 16.5. The van der Waals surface area contributed by atoms with Crippen molar-refractivity contribution in [2.24, 2.45) is 5.92 Å². The number of alkyl halides is 3. The van der Waals surface area contributed by atoms with E-state index in [0.717, 1.165) is 50.3 Å². The Morgan fingerprint density at radius 2 is 2.03 bits per heavy atom. The van der Waals surface area contributed by atoms with Crippen LogP contribution in [0.1, 0.15) is 37.3 Å². The van der Waals surface area contributed by atoms with Crippen molar-refractivity contribution in [2.75, 3.05) is 18.0 Å². The number of phenols is 1. The van der Waals surface area contributed by atoms with Gasteiger partial charge in [0.25, 0.3) is 0 Å². The SMILES string of the molecule is CCC1CNC2CCN(c3ccc(-c4c(C)cc(C(F)(F)F)cc4O)nn3)C2C1. The first-order valence-corrected chi connectivity index (χ1v) is 10.0. The summed E-state index contributed by atoms with van der Waals surface area (Å²) in [4.78, 5) is 2.27. The largest absolute Gasteiger partial charge is 0.507 e. The van der Waals surface area contributed by atoms with E-state index in [1.807, 2.05) is 6.07 Å². The molecule has 29 heavy (non-hydrogen) atoms. The molecule has 0 bridgehead atoms. The van der Waals surface area contributed by atoms with Crippen LogP contribution in [0.15, 0.2) is 24.3 Å². The van der Waals surface area contributed by atoms with Gasteiger partial charge in [-0.1, -0.05) is 13.3 Å². The summed E-state index contributed by atoms with van der Waals surface area (Å²) in [6.45, 7) is 5.70. The molecule has 0 spiro atoms. The number of hydrogen-bond acceptors (Lipinski definition) is 5. The fraction of sp³-hybridized carbons (Fsp3) is 0.524. The highest BCUT2D eigenvalue weighted by molar-refractivity contribution is 5.71. The van der Waals surface area contributed by atoms with Crippen LogP contribution in [0, 0.1) is 12.8 Å². The van der Waals surface area contributed by atoms with Gasteiger partial charge in [0, 0.05) is 24.2 Å². The second-order valence-corrected chi connectivity index (χ2v) is 8.04. The molecule has 3 heterocycles. The molecular weight excluding hydrogens is 381 g/mol. The molecule has 0 saturated carbocycles. The number of rotatable bonds is 3. The molecule has 156 valence electrons. The van der Waals surface area contributed by atoms with Gasteiger partial charge in [-0.05, 0) is 62.1 Å². The first kappa shape index (κ1) is 19.9. The summed E-state index contributed by atoms with van der Waals surface area (Å²) in [7, 11) is 0. The summed E-state index contributed by atoms with van der Waals surface area (Å²) in [5.41, 5.74) is 0.0743. The van der Waals surface area contributed by atoms with Gasteiger partial charge in [-0.2, -0.15) is 13.2 Å². The highest BCUT2D eigenvalue weighted by atomic mass is 19.4. The van der Waals surface area contributed by atoms with E-state index in [2.05, 4.69) is 27.3 Å². The van der Waals surface area contributed by atoms with Crippen molar-refractivity contribution in [2.45, 2.75) is 51.4 Å². The van der Waals surface area contributed by atoms with Gasteiger partial charge in [0.1, 0.15) is 5.75 Å². The second kappa shape index (κ2) is 7.48. The third-order valence-corrected chi connectivity index (χ3v) is 6.21. The van der Waals surface area contributed by atoms with E-state index in [4.69, 9.17) is 0 Å². The lowest BCUT2D eigenvalue weighted by Gasteiger charge is -2.37. The molecule has 3 atom stereocenters. The predicted molar refractivity (Wildman–Crippen MR) is 105 cm³/mol. The number of nitrogens with zero attached hydrogens (tertiary/aromatic N) is 3. The Morgan fingerprint density at radius 3 is 2.66 bits per heavy atom. The average molecular weight is 406 g/mol. The summed E-state index contributed by atoms with van der Waals surface area (Å²) in [6, 6.07) is 6.17.